The lowest BCUT2D eigenvalue weighted by Gasteiger charge is -2.13. The van der Waals surface area contributed by atoms with E-state index >= 15 is 0 Å². The number of hydrogen-bond donors (Lipinski definition) is 0. The number of carbonyl (C=O) groups is 1. The fraction of sp³-hybridized carbons (Fsp3) is 0.300. The molecular formula is C10H10BrIO3. The van der Waals surface area contributed by atoms with E-state index in [9.17, 15) is 4.79 Å². The largest absolute Gasteiger partial charge is 0.478 e. The van der Waals surface area contributed by atoms with Crippen LogP contribution in [0.2, 0.25) is 0 Å². The molecule has 0 aliphatic carbocycles. The minimum Gasteiger partial charge on any atom is -0.478 e. The molecule has 0 saturated carbocycles. The van der Waals surface area contributed by atoms with Gasteiger partial charge in [-0.15, -0.1) is 0 Å². The Kier molecular flexibility index (Phi) is 4.85. The smallest absolute Gasteiger partial charge is 0.346 e. The molecular weight excluding hydrogens is 375 g/mol. The van der Waals surface area contributed by atoms with Crippen molar-refractivity contribution in [3.63, 3.8) is 0 Å². The van der Waals surface area contributed by atoms with Crippen LogP contribution in [-0.2, 0) is 9.53 Å². The van der Waals surface area contributed by atoms with Gasteiger partial charge in [-0.1, -0.05) is 15.9 Å². The highest BCUT2D eigenvalue weighted by atomic mass is 127. The fourth-order valence-electron chi connectivity index (χ4n) is 0.975. The van der Waals surface area contributed by atoms with Crippen LogP contribution in [-0.4, -0.2) is 19.2 Å². The van der Waals surface area contributed by atoms with E-state index in [2.05, 4.69) is 43.3 Å². The number of esters is 1. The number of carbonyl (C=O) groups excluding carboxylic acids is 1. The average Bonchev–Trinajstić information content (AvgIpc) is 2.20. The minimum atomic E-state index is -0.593. The van der Waals surface area contributed by atoms with E-state index in [1.807, 2.05) is 18.2 Å². The van der Waals surface area contributed by atoms with Crippen LogP contribution in [0, 0.1) is 3.57 Å². The monoisotopic (exact) mass is 384 g/mol. The van der Waals surface area contributed by atoms with Crippen LogP contribution >= 0.6 is 38.5 Å². The van der Waals surface area contributed by atoms with Crippen LogP contribution in [0.25, 0.3) is 0 Å². The molecule has 15 heavy (non-hydrogen) atoms. The van der Waals surface area contributed by atoms with Crippen molar-refractivity contribution in [3.05, 3.63) is 26.2 Å². The Balaban J connectivity index is 2.76. The average molecular weight is 385 g/mol. The summed E-state index contributed by atoms with van der Waals surface area (Å²) in [6.07, 6.45) is -0.593. The van der Waals surface area contributed by atoms with Gasteiger partial charge in [0.25, 0.3) is 0 Å². The summed E-state index contributed by atoms with van der Waals surface area (Å²) in [5.41, 5.74) is 0. The SMILES string of the molecule is COC(=O)C(C)Oc1ccc(Br)cc1I. The van der Waals surface area contributed by atoms with Gasteiger partial charge in [0.2, 0.25) is 0 Å². The number of hydrogen-bond acceptors (Lipinski definition) is 3. The summed E-state index contributed by atoms with van der Waals surface area (Å²) in [7, 11) is 1.34. The molecule has 0 bridgehead atoms. The van der Waals surface area contributed by atoms with Gasteiger partial charge in [-0.05, 0) is 47.7 Å². The van der Waals surface area contributed by atoms with Crippen LogP contribution < -0.4 is 4.74 Å². The molecule has 1 aromatic rings. The lowest BCUT2D eigenvalue weighted by atomic mass is 10.3. The number of methoxy groups -OCH3 is 1. The van der Waals surface area contributed by atoms with Crippen molar-refractivity contribution in [1.82, 2.24) is 0 Å². The maximum absolute atomic E-state index is 11.1. The standard InChI is InChI=1S/C10H10BrIO3/c1-6(10(13)14-2)15-9-4-3-7(11)5-8(9)12/h3-6H,1-2H3. The Hall–Kier alpha value is -0.300. The van der Waals surface area contributed by atoms with Gasteiger partial charge in [0, 0.05) is 4.47 Å². The van der Waals surface area contributed by atoms with E-state index < -0.39 is 6.10 Å². The van der Waals surface area contributed by atoms with Crippen LogP contribution in [0.5, 0.6) is 5.75 Å². The molecule has 0 N–H and O–H groups in total. The van der Waals surface area contributed by atoms with E-state index in [0.717, 1.165) is 8.04 Å². The van der Waals surface area contributed by atoms with Crippen molar-refractivity contribution < 1.29 is 14.3 Å². The lowest BCUT2D eigenvalue weighted by Crippen LogP contribution is -2.25. The second kappa shape index (κ2) is 5.69. The molecule has 0 spiro atoms. The van der Waals surface area contributed by atoms with E-state index in [0.29, 0.717) is 5.75 Å². The second-order valence-electron chi connectivity index (χ2n) is 2.86. The molecule has 0 radical (unpaired) electrons. The summed E-state index contributed by atoms with van der Waals surface area (Å²) in [5, 5.41) is 0. The van der Waals surface area contributed by atoms with Crippen molar-refractivity contribution in [1.29, 1.82) is 0 Å². The van der Waals surface area contributed by atoms with Gasteiger partial charge in [0.1, 0.15) is 5.75 Å². The first-order chi connectivity index (χ1) is 7.04. The highest BCUT2D eigenvalue weighted by molar-refractivity contribution is 14.1. The molecule has 0 fully saturated rings. The Morgan fingerprint density at radius 2 is 2.20 bits per heavy atom. The van der Waals surface area contributed by atoms with Gasteiger partial charge in [-0.25, -0.2) is 4.79 Å². The molecule has 1 rings (SSSR count). The van der Waals surface area contributed by atoms with Gasteiger partial charge in [-0.2, -0.15) is 0 Å². The normalized spacial score (nSPS) is 12.0. The van der Waals surface area contributed by atoms with Crippen LogP contribution in [0.1, 0.15) is 6.92 Å². The fourth-order valence-corrected chi connectivity index (χ4v) is 2.41. The third-order valence-corrected chi connectivity index (χ3v) is 3.07. The Morgan fingerprint density at radius 1 is 1.53 bits per heavy atom. The van der Waals surface area contributed by atoms with Crippen LogP contribution in [0.4, 0.5) is 0 Å². The molecule has 1 unspecified atom stereocenters. The number of ether oxygens (including phenoxy) is 2. The zero-order chi connectivity index (χ0) is 11.4. The summed E-state index contributed by atoms with van der Waals surface area (Å²) >= 11 is 5.50. The Labute approximate surface area is 110 Å². The van der Waals surface area contributed by atoms with E-state index in [4.69, 9.17) is 4.74 Å². The summed E-state index contributed by atoms with van der Waals surface area (Å²) in [6, 6.07) is 5.59. The first-order valence-corrected chi connectivity index (χ1v) is 6.11. The third kappa shape index (κ3) is 3.64. The molecule has 1 aromatic carbocycles. The second-order valence-corrected chi connectivity index (χ2v) is 4.94. The first-order valence-electron chi connectivity index (χ1n) is 4.24. The highest BCUT2D eigenvalue weighted by Crippen LogP contribution is 2.25. The van der Waals surface area contributed by atoms with Crippen molar-refractivity contribution in [2.24, 2.45) is 0 Å². The van der Waals surface area contributed by atoms with Crippen molar-refractivity contribution in [2.75, 3.05) is 7.11 Å². The highest BCUT2D eigenvalue weighted by Gasteiger charge is 2.15. The molecule has 5 heteroatoms. The van der Waals surface area contributed by atoms with E-state index in [1.165, 1.54) is 7.11 Å². The molecule has 1 atom stereocenters. The zero-order valence-electron chi connectivity index (χ0n) is 8.29. The third-order valence-electron chi connectivity index (χ3n) is 1.73. The number of halogens is 2. The quantitative estimate of drug-likeness (QED) is 0.593. The van der Waals surface area contributed by atoms with E-state index in [1.54, 1.807) is 6.92 Å². The molecule has 0 amide bonds. The molecule has 0 heterocycles. The zero-order valence-corrected chi connectivity index (χ0v) is 12.0. The molecule has 0 aliphatic rings. The summed E-state index contributed by atoms with van der Waals surface area (Å²) in [6.45, 7) is 1.66. The maximum atomic E-state index is 11.1. The van der Waals surface area contributed by atoms with Crippen LogP contribution in [0.15, 0.2) is 22.7 Å². The summed E-state index contributed by atoms with van der Waals surface area (Å²) in [5.74, 6) is 0.297. The molecule has 82 valence electrons. The Bertz CT molecular complexity index is 368. The van der Waals surface area contributed by atoms with Gasteiger partial charge < -0.3 is 9.47 Å². The molecule has 0 aliphatic heterocycles. The number of benzene rings is 1. The van der Waals surface area contributed by atoms with E-state index in [-0.39, 0.29) is 5.97 Å². The summed E-state index contributed by atoms with van der Waals surface area (Å²) < 4.78 is 11.9. The summed E-state index contributed by atoms with van der Waals surface area (Å²) in [4.78, 5) is 11.1. The minimum absolute atomic E-state index is 0.381. The maximum Gasteiger partial charge on any atom is 0.346 e. The molecule has 0 aromatic heterocycles. The topological polar surface area (TPSA) is 35.5 Å². The van der Waals surface area contributed by atoms with Gasteiger partial charge in [0.15, 0.2) is 6.10 Å². The molecule has 0 saturated heterocycles. The van der Waals surface area contributed by atoms with Gasteiger partial charge >= 0.3 is 5.97 Å². The first kappa shape index (κ1) is 12.8. The van der Waals surface area contributed by atoms with Crippen molar-refractivity contribution >= 4 is 44.5 Å². The number of rotatable bonds is 3. The lowest BCUT2D eigenvalue weighted by molar-refractivity contribution is -0.147. The predicted octanol–water partition coefficient (Wildman–Crippen LogP) is 2.99. The van der Waals surface area contributed by atoms with Crippen molar-refractivity contribution in [3.8, 4) is 5.75 Å². The Morgan fingerprint density at radius 3 is 2.73 bits per heavy atom. The molecule has 3 nitrogen and oxygen atoms in total. The van der Waals surface area contributed by atoms with Gasteiger partial charge in [0.05, 0.1) is 10.7 Å². The van der Waals surface area contributed by atoms with Crippen LogP contribution in [0.3, 0.4) is 0 Å². The van der Waals surface area contributed by atoms with Gasteiger partial charge in [-0.3, -0.25) is 0 Å². The predicted molar refractivity (Wildman–Crippen MR) is 69.0 cm³/mol. The van der Waals surface area contributed by atoms with Crippen molar-refractivity contribution in [2.45, 2.75) is 13.0 Å².